The van der Waals surface area contributed by atoms with Gasteiger partial charge in [-0.05, 0) is 44.2 Å². The lowest BCUT2D eigenvalue weighted by molar-refractivity contribution is -0.149. The van der Waals surface area contributed by atoms with Gasteiger partial charge in [0.25, 0.3) is 0 Å². The molecular weight excluding hydrogens is 316 g/mol. The van der Waals surface area contributed by atoms with E-state index in [1.54, 1.807) is 12.3 Å². The van der Waals surface area contributed by atoms with E-state index in [-0.39, 0.29) is 12.0 Å². The van der Waals surface area contributed by atoms with E-state index in [0.717, 1.165) is 51.1 Å². The van der Waals surface area contributed by atoms with Crippen molar-refractivity contribution < 1.29 is 9.53 Å². The lowest BCUT2D eigenvalue weighted by atomic mass is 9.94. The molecule has 1 aromatic heterocycles. The quantitative estimate of drug-likeness (QED) is 0.823. The largest absolute Gasteiger partial charge is 0.374 e. The third kappa shape index (κ3) is 3.21. The molecule has 2 unspecified atom stereocenters. The molecule has 6 nitrogen and oxygen atoms in total. The van der Waals surface area contributed by atoms with Gasteiger partial charge in [-0.15, -0.1) is 0 Å². The first-order valence-corrected chi connectivity index (χ1v) is 9.29. The second-order valence-electron chi connectivity index (χ2n) is 7.22. The summed E-state index contributed by atoms with van der Waals surface area (Å²) in [4.78, 5) is 21.7. The number of aromatic nitrogens is 1. The highest BCUT2D eigenvalue weighted by Crippen LogP contribution is 2.32. The number of amides is 1. The van der Waals surface area contributed by atoms with Gasteiger partial charge in [0.15, 0.2) is 0 Å². The Balaban J connectivity index is 1.36. The Morgan fingerprint density at radius 1 is 1.20 bits per heavy atom. The summed E-state index contributed by atoms with van der Waals surface area (Å²) >= 11 is 0. The molecule has 3 aliphatic rings. The molecule has 1 amide bonds. The highest BCUT2D eigenvalue weighted by Gasteiger charge is 2.40. The number of rotatable bonds is 2. The van der Waals surface area contributed by atoms with Gasteiger partial charge >= 0.3 is 0 Å². The third-order valence-electron chi connectivity index (χ3n) is 5.81. The summed E-state index contributed by atoms with van der Waals surface area (Å²) in [6.07, 6.45) is 6.97. The number of nitriles is 1. The molecule has 2 aliphatic heterocycles. The van der Waals surface area contributed by atoms with Gasteiger partial charge in [0.05, 0.1) is 24.3 Å². The summed E-state index contributed by atoms with van der Waals surface area (Å²) < 4.78 is 5.83. The van der Waals surface area contributed by atoms with Crippen molar-refractivity contribution in [2.24, 2.45) is 5.92 Å². The van der Waals surface area contributed by atoms with Crippen LogP contribution in [0, 0.1) is 17.2 Å². The van der Waals surface area contributed by atoms with E-state index in [0.29, 0.717) is 24.1 Å². The highest BCUT2D eigenvalue weighted by molar-refractivity contribution is 5.79. The van der Waals surface area contributed by atoms with Crippen molar-refractivity contribution in [1.29, 1.82) is 5.26 Å². The van der Waals surface area contributed by atoms with Gasteiger partial charge < -0.3 is 14.5 Å². The van der Waals surface area contributed by atoms with Crippen LogP contribution in [-0.4, -0.2) is 54.2 Å². The first kappa shape index (κ1) is 16.3. The maximum atomic E-state index is 13.0. The Morgan fingerprint density at radius 3 is 2.76 bits per heavy atom. The van der Waals surface area contributed by atoms with Crippen LogP contribution < -0.4 is 4.90 Å². The Labute approximate surface area is 148 Å². The van der Waals surface area contributed by atoms with Crippen molar-refractivity contribution in [3.8, 4) is 6.07 Å². The van der Waals surface area contributed by atoms with E-state index in [4.69, 9.17) is 10.00 Å². The first-order valence-electron chi connectivity index (χ1n) is 9.29. The van der Waals surface area contributed by atoms with Crippen LogP contribution in [0.3, 0.4) is 0 Å². The normalized spacial score (nSPS) is 27.0. The Bertz CT molecular complexity index is 661. The van der Waals surface area contributed by atoms with E-state index in [9.17, 15) is 4.79 Å². The number of carbonyl (C=O) groups is 1. The fraction of sp³-hybridized carbons (Fsp3) is 0.632. The molecule has 3 heterocycles. The molecular formula is C19H24N4O2. The molecule has 6 heteroatoms. The number of pyridine rings is 1. The Morgan fingerprint density at radius 2 is 2.04 bits per heavy atom. The minimum atomic E-state index is 0.119. The summed E-state index contributed by atoms with van der Waals surface area (Å²) in [5, 5.41) is 8.87. The number of carbonyl (C=O) groups excluding carboxylic acids is 1. The predicted octanol–water partition coefficient (Wildman–Crippen LogP) is 1.95. The molecule has 2 atom stereocenters. The first-order chi connectivity index (χ1) is 12.3. The molecule has 0 radical (unpaired) electrons. The van der Waals surface area contributed by atoms with Crippen LogP contribution >= 0.6 is 0 Å². The number of anilines is 1. The lowest BCUT2D eigenvalue weighted by Gasteiger charge is -2.41. The van der Waals surface area contributed by atoms with Gasteiger partial charge in [-0.3, -0.25) is 4.79 Å². The molecule has 0 N–H and O–H groups in total. The topological polar surface area (TPSA) is 69.5 Å². The summed E-state index contributed by atoms with van der Waals surface area (Å²) in [6.45, 7) is 3.11. The molecule has 2 saturated heterocycles. The van der Waals surface area contributed by atoms with E-state index in [1.807, 2.05) is 6.07 Å². The minimum absolute atomic E-state index is 0.119. The smallest absolute Gasteiger partial charge is 0.226 e. The van der Waals surface area contributed by atoms with Gasteiger partial charge in [-0.25, -0.2) is 4.98 Å². The Kier molecular flexibility index (Phi) is 4.58. The van der Waals surface area contributed by atoms with Crippen LogP contribution in [0.2, 0.25) is 0 Å². The van der Waals surface area contributed by atoms with Crippen molar-refractivity contribution >= 4 is 11.7 Å². The fourth-order valence-electron chi connectivity index (χ4n) is 4.43. The number of morpholine rings is 1. The molecule has 0 aromatic carbocycles. The monoisotopic (exact) mass is 340 g/mol. The molecule has 1 aromatic rings. The van der Waals surface area contributed by atoms with E-state index >= 15 is 0 Å². The van der Waals surface area contributed by atoms with Crippen molar-refractivity contribution in [3.05, 3.63) is 23.9 Å². The summed E-state index contributed by atoms with van der Waals surface area (Å²) in [5.41, 5.74) is 0.576. The number of fused-ring (bicyclic) bond motifs is 1. The zero-order valence-electron chi connectivity index (χ0n) is 14.4. The summed E-state index contributed by atoms with van der Waals surface area (Å²) in [7, 11) is 0. The second-order valence-corrected chi connectivity index (χ2v) is 7.22. The lowest BCUT2D eigenvalue weighted by Crippen LogP contribution is -2.54. The standard InChI is InChI=1S/C19H24N4O2/c20-12-14-4-5-18(21-13-14)22-8-6-15(7-9-22)19(24)23-10-11-25-17-3-1-2-16(17)23/h4-5,13,15-17H,1-3,6-11H2. The number of ether oxygens (including phenoxy) is 1. The van der Waals surface area contributed by atoms with Crippen molar-refractivity contribution in [2.75, 3.05) is 31.1 Å². The molecule has 1 saturated carbocycles. The van der Waals surface area contributed by atoms with Crippen molar-refractivity contribution in [2.45, 2.75) is 44.2 Å². The number of piperidine rings is 1. The number of hydrogen-bond acceptors (Lipinski definition) is 5. The maximum Gasteiger partial charge on any atom is 0.226 e. The summed E-state index contributed by atoms with van der Waals surface area (Å²) in [5.74, 6) is 1.34. The van der Waals surface area contributed by atoms with Crippen LogP contribution in [0.1, 0.15) is 37.7 Å². The second kappa shape index (κ2) is 7.01. The molecule has 4 rings (SSSR count). The third-order valence-corrected chi connectivity index (χ3v) is 5.81. The molecule has 1 aliphatic carbocycles. The zero-order chi connectivity index (χ0) is 17.2. The van der Waals surface area contributed by atoms with Crippen molar-refractivity contribution in [1.82, 2.24) is 9.88 Å². The molecule has 25 heavy (non-hydrogen) atoms. The van der Waals surface area contributed by atoms with Gasteiger partial charge in [-0.1, -0.05) is 0 Å². The van der Waals surface area contributed by atoms with Gasteiger partial charge in [0.2, 0.25) is 5.91 Å². The van der Waals surface area contributed by atoms with E-state index in [1.165, 1.54) is 6.42 Å². The van der Waals surface area contributed by atoms with E-state index < -0.39 is 0 Å². The molecule has 3 fully saturated rings. The minimum Gasteiger partial charge on any atom is -0.374 e. The maximum absolute atomic E-state index is 13.0. The highest BCUT2D eigenvalue weighted by atomic mass is 16.5. The van der Waals surface area contributed by atoms with E-state index in [2.05, 4.69) is 20.9 Å². The van der Waals surface area contributed by atoms with Gasteiger partial charge in [0.1, 0.15) is 11.9 Å². The molecule has 0 bridgehead atoms. The number of nitrogens with zero attached hydrogens (tertiary/aromatic N) is 4. The molecule has 132 valence electrons. The van der Waals surface area contributed by atoms with Crippen LogP contribution in [-0.2, 0) is 9.53 Å². The molecule has 0 spiro atoms. The van der Waals surface area contributed by atoms with Gasteiger partial charge in [0, 0.05) is 31.7 Å². The van der Waals surface area contributed by atoms with Crippen LogP contribution in [0.5, 0.6) is 0 Å². The SMILES string of the molecule is N#Cc1ccc(N2CCC(C(=O)N3CCOC4CCCC43)CC2)nc1. The average molecular weight is 340 g/mol. The van der Waals surface area contributed by atoms with Crippen LogP contribution in [0.25, 0.3) is 0 Å². The van der Waals surface area contributed by atoms with Gasteiger partial charge in [-0.2, -0.15) is 5.26 Å². The van der Waals surface area contributed by atoms with Crippen LogP contribution in [0.4, 0.5) is 5.82 Å². The average Bonchev–Trinajstić information content (AvgIpc) is 3.16. The fourth-order valence-corrected chi connectivity index (χ4v) is 4.43. The summed E-state index contributed by atoms with van der Waals surface area (Å²) in [6, 6.07) is 6.09. The van der Waals surface area contributed by atoms with Crippen LogP contribution in [0.15, 0.2) is 18.3 Å². The zero-order valence-corrected chi connectivity index (χ0v) is 14.4. The van der Waals surface area contributed by atoms with Crippen molar-refractivity contribution in [3.63, 3.8) is 0 Å². The number of hydrogen-bond donors (Lipinski definition) is 0. The predicted molar refractivity (Wildman–Crippen MR) is 93.0 cm³/mol. The Hall–Kier alpha value is -2.13.